The summed E-state index contributed by atoms with van der Waals surface area (Å²) in [5.41, 5.74) is 6.56. The number of amides is 2. The van der Waals surface area contributed by atoms with Crippen LogP contribution in [0.25, 0.3) is 0 Å². The number of nitrogens with two attached hydrogens (primary N) is 1. The van der Waals surface area contributed by atoms with Gasteiger partial charge in [0.05, 0.1) is 25.7 Å². The van der Waals surface area contributed by atoms with Crippen molar-refractivity contribution in [2.24, 2.45) is 9.98 Å². The van der Waals surface area contributed by atoms with Gasteiger partial charge in [-0.25, -0.2) is 24.1 Å². The second-order valence-corrected chi connectivity index (χ2v) is 13.8. The van der Waals surface area contributed by atoms with E-state index in [1.54, 1.807) is 32.8 Å². The highest BCUT2D eigenvalue weighted by atomic mass is 19.1. The van der Waals surface area contributed by atoms with Gasteiger partial charge < -0.3 is 29.6 Å². The number of nitrogen functional groups attached to an aromatic ring is 1. The number of carbonyl (C=O) groups is 3. The summed E-state index contributed by atoms with van der Waals surface area (Å²) in [5, 5.41) is 2.86. The zero-order chi connectivity index (χ0) is 38.4. The van der Waals surface area contributed by atoms with Crippen LogP contribution >= 0.6 is 0 Å². The lowest BCUT2D eigenvalue weighted by Gasteiger charge is -2.34. The monoisotopic (exact) mass is 745 g/mol. The molecule has 2 aromatic carbocycles. The van der Waals surface area contributed by atoms with Crippen molar-refractivity contribution in [1.29, 1.82) is 0 Å². The Morgan fingerprint density at radius 3 is 2.48 bits per heavy atom. The number of aromatic nitrogens is 2. The third-order valence-corrected chi connectivity index (χ3v) is 8.72. The number of hydrogen-bond donors (Lipinski definition) is 2. The number of guanidine groups is 1. The van der Waals surface area contributed by atoms with E-state index < -0.39 is 29.4 Å². The van der Waals surface area contributed by atoms with Gasteiger partial charge >= 0.3 is 12.1 Å². The molecule has 0 bridgehead atoms. The quantitative estimate of drug-likeness (QED) is 0.227. The number of amidine groups is 1. The van der Waals surface area contributed by atoms with E-state index in [1.807, 2.05) is 17.0 Å². The largest absolute Gasteiger partial charge is 0.491 e. The molecular formula is C37H44FN9O7. The first-order chi connectivity index (χ1) is 25.9. The summed E-state index contributed by atoms with van der Waals surface area (Å²) in [6.45, 7) is 9.76. The van der Waals surface area contributed by atoms with Gasteiger partial charge in [0.15, 0.2) is 11.5 Å². The number of fused-ring (bicyclic) bond motifs is 3. The third-order valence-electron chi connectivity index (χ3n) is 8.72. The molecule has 3 aromatic rings. The van der Waals surface area contributed by atoms with E-state index in [0.717, 1.165) is 24.6 Å². The maximum Gasteiger partial charge on any atom is 0.415 e. The van der Waals surface area contributed by atoms with Gasteiger partial charge in [-0.2, -0.15) is 0 Å². The predicted octanol–water partition coefficient (Wildman–Crippen LogP) is 3.56. The van der Waals surface area contributed by atoms with Crippen molar-refractivity contribution < 1.29 is 37.7 Å². The molecule has 0 unspecified atom stereocenters. The molecule has 0 aliphatic carbocycles. The number of hydrogen-bond acceptors (Lipinski definition) is 14. The first-order valence-corrected chi connectivity index (χ1v) is 17.7. The molecule has 0 saturated carbocycles. The minimum atomic E-state index is -0.673. The molecule has 0 atom stereocenters. The second-order valence-electron chi connectivity index (χ2n) is 13.8. The van der Waals surface area contributed by atoms with Gasteiger partial charge in [0.1, 0.15) is 28.7 Å². The highest BCUT2D eigenvalue weighted by Gasteiger charge is 2.33. The third kappa shape index (κ3) is 9.20. The normalized spacial score (nSPS) is 15.6. The number of halogens is 1. The molecule has 16 nitrogen and oxygen atoms in total. The lowest BCUT2D eigenvalue weighted by Crippen LogP contribution is -2.51. The average Bonchev–Trinajstić information content (AvgIpc) is 3.14. The lowest BCUT2D eigenvalue weighted by atomic mass is 10.1. The zero-order valence-electron chi connectivity index (χ0n) is 30.8. The van der Waals surface area contributed by atoms with Gasteiger partial charge in [-0.1, -0.05) is 6.07 Å². The van der Waals surface area contributed by atoms with E-state index in [-0.39, 0.29) is 29.2 Å². The number of aliphatic imine (C=N–C) groups is 2. The van der Waals surface area contributed by atoms with Crippen LogP contribution in [0.1, 0.15) is 55.1 Å². The van der Waals surface area contributed by atoms with E-state index >= 15 is 0 Å². The Bertz CT molecular complexity index is 1940. The zero-order valence-corrected chi connectivity index (χ0v) is 30.8. The number of nitrogens with zero attached hydrogens (tertiary/aromatic N) is 7. The molecule has 54 heavy (non-hydrogen) atoms. The molecule has 3 aliphatic heterocycles. The summed E-state index contributed by atoms with van der Waals surface area (Å²) in [5.74, 6) is 0.416. The fraction of sp³-hybridized carbons (Fsp3) is 0.432. The van der Waals surface area contributed by atoms with Crippen LogP contribution in [-0.2, 0) is 16.0 Å². The minimum Gasteiger partial charge on any atom is -0.491 e. The standard InChI is InChI=1S/C37H44FN9O7/c1-37(2,3)54-29(48)19-23-7-8-25(20-27(23)38)53-36(50)46-16-14-45(15-17-46)12-6-18-52-28-10-9-26-30(31(28)51-4)43-35(47-13-5-11-40-32(26)47)44-33(49)24-21-41-34(39)42-22-24/h7-10,20-22H,5-6,11-19H2,1-4H3,(H2,39,41,42)(H,43,44,49). The van der Waals surface area contributed by atoms with E-state index in [9.17, 15) is 18.8 Å². The van der Waals surface area contributed by atoms with E-state index in [2.05, 4.69) is 20.2 Å². The Kier molecular flexibility index (Phi) is 11.5. The molecular weight excluding hydrogens is 701 g/mol. The Morgan fingerprint density at radius 2 is 1.78 bits per heavy atom. The predicted molar refractivity (Wildman–Crippen MR) is 197 cm³/mol. The Labute approximate surface area is 312 Å². The average molecular weight is 746 g/mol. The van der Waals surface area contributed by atoms with Gasteiger partial charge in [0.25, 0.3) is 5.91 Å². The molecule has 1 aromatic heterocycles. The first kappa shape index (κ1) is 37.9. The van der Waals surface area contributed by atoms with E-state index in [4.69, 9.17) is 34.7 Å². The number of ether oxygens (including phenoxy) is 4. The molecule has 4 heterocycles. The fourth-order valence-electron chi connectivity index (χ4n) is 6.15. The van der Waals surface area contributed by atoms with Crippen molar-refractivity contribution >= 4 is 41.4 Å². The number of anilines is 1. The SMILES string of the molecule is COc1c(OCCCN2CCN(C(=O)Oc3ccc(CC(=O)OC(C)(C)C)c(F)c3)CC2)ccc2c1N=C(NC(=O)c1cnc(N)nc1)N1CCCN=C21. The molecule has 0 radical (unpaired) electrons. The Morgan fingerprint density at radius 1 is 1.02 bits per heavy atom. The van der Waals surface area contributed by atoms with Crippen molar-refractivity contribution in [1.82, 2.24) is 30.0 Å². The molecule has 1 saturated heterocycles. The van der Waals surface area contributed by atoms with E-state index in [0.29, 0.717) is 81.3 Å². The second kappa shape index (κ2) is 16.4. The number of piperazine rings is 1. The summed E-state index contributed by atoms with van der Waals surface area (Å²) in [4.78, 5) is 61.0. The minimum absolute atomic E-state index is 0.0617. The molecule has 3 aliphatic rings. The number of methoxy groups -OCH3 is 1. The molecule has 6 rings (SSSR count). The smallest absolute Gasteiger partial charge is 0.415 e. The van der Waals surface area contributed by atoms with Crippen molar-refractivity contribution in [2.75, 3.05) is 65.3 Å². The highest BCUT2D eigenvalue weighted by molar-refractivity contribution is 6.19. The van der Waals surface area contributed by atoms with Crippen LogP contribution in [0.2, 0.25) is 0 Å². The van der Waals surface area contributed by atoms with Gasteiger partial charge in [-0.05, 0) is 57.4 Å². The number of benzene rings is 2. The van der Waals surface area contributed by atoms with Crippen molar-refractivity contribution in [3.63, 3.8) is 0 Å². The van der Waals surface area contributed by atoms with Crippen LogP contribution in [0.3, 0.4) is 0 Å². The fourth-order valence-corrected chi connectivity index (χ4v) is 6.15. The van der Waals surface area contributed by atoms with Gasteiger partial charge in [-0.3, -0.25) is 29.7 Å². The summed E-state index contributed by atoms with van der Waals surface area (Å²) < 4.78 is 37.3. The molecule has 0 spiro atoms. The molecule has 3 N–H and O–H groups in total. The van der Waals surface area contributed by atoms with Crippen molar-refractivity contribution in [2.45, 2.75) is 45.6 Å². The van der Waals surface area contributed by atoms with Crippen LogP contribution in [0, 0.1) is 5.82 Å². The van der Waals surface area contributed by atoms with Gasteiger partial charge in [0, 0.05) is 69.8 Å². The number of carbonyl (C=O) groups excluding carboxylic acids is 3. The van der Waals surface area contributed by atoms with Crippen LogP contribution in [-0.4, -0.2) is 120 Å². The topological polar surface area (TPSA) is 186 Å². The Balaban J connectivity index is 0.998. The molecule has 17 heteroatoms. The highest BCUT2D eigenvalue weighted by Crippen LogP contribution is 2.43. The maximum absolute atomic E-state index is 14.7. The Hall–Kier alpha value is -5.84. The van der Waals surface area contributed by atoms with E-state index in [1.165, 1.54) is 24.5 Å². The van der Waals surface area contributed by atoms with Gasteiger partial charge in [-0.15, -0.1) is 0 Å². The van der Waals surface area contributed by atoms with Crippen LogP contribution in [0.5, 0.6) is 17.2 Å². The first-order valence-electron chi connectivity index (χ1n) is 17.7. The summed E-state index contributed by atoms with van der Waals surface area (Å²) in [6, 6.07) is 7.72. The number of rotatable bonds is 10. The van der Waals surface area contributed by atoms with Gasteiger partial charge in [0.2, 0.25) is 11.9 Å². The molecule has 286 valence electrons. The molecule has 2 amide bonds. The maximum atomic E-state index is 14.7. The number of nitrogens with one attached hydrogen (secondary N) is 1. The van der Waals surface area contributed by atoms with Crippen molar-refractivity contribution in [3.05, 3.63) is 65.2 Å². The molecule has 1 fully saturated rings. The summed E-state index contributed by atoms with van der Waals surface area (Å²) in [6.07, 6.45) is 3.41. The lowest BCUT2D eigenvalue weighted by molar-refractivity contribution is -0.154. The van der Waals surface area contributed by atoms with Crippen LogP contribution in [0.15, 0.2) is 52.7 Å². The number of esters is 1. The van der Waals surface area contributed by atoms with Crippen LogP contribution in [0.4, 0.5) is 20.8 Å². The summed E-state index contributed by atoms with van der Waals surface area (Å²) in [7, 11) is 1.54. The summed E-state index contributed by atoms with van der Waals surface area (Å²) >= 11 is 0. The van der Waals surface area contributed by atoms with Crippen LogP contribution < -0.4 is 25.3 Å². The van der Waals surface area contributed by atoms with Crippen molar-refractivity contribution in [3.8, 4) is 17.2 Å².